The van der Waals surface area contributed by atoms with Gasteiger partial charge in [0.15, 0.2) is 0 Å². The summed E-state index contributed by atoms with van der Waals surface area (Å²) in [4.78, 5) is 27.0. The molecule has 48 heavy (non-hydrogen) atoms. The Labute approximate surface area is 278 Å². The van der Waals surface area contributed by atoms with Gasteiger partial charge >= 0.3 is 24.3 Å². The zero-order valence-corrected chi connectivity index (χ0v) is 28.5. The lowest BCUT2D eigenvalue weighted by molar-refractivity contribution is -0.373. The predicted molar refractivity (Wildman–Crippen MR) is 161 cm³/mol. The quantitative estimate of drug-likeness (QED) is 0.150. The third kappa shape index (κ3) is 7.25. The largest absolute Gasteiger partial charge is 0.462 e. The standard InChI is InChI=1S/C35H52F6O7/c1-18(28(42)48-32-15-21-8-22(16-32)14-31(45,13-21)17-32)6-7-23(9-25-20(3)24-10-26(25)27(11-24)30(4,5)44)29(43)47-19(2)12-33(46,34(36,37)38)35(39,40)41/h18-27,44-46H,6-17H2,1-5H3/t18?,19?,20?,21?,22?,23?,24?,25-,26?,27?,31?,32?/m0/s1. The van der Waals surface area contributed by atoms with E-state index in [4.69, 9.17) is 9.47 Å². The molecule has 13 heteroatoms. The van der Waals surface area contributed by atoms with Crippen molar-refractivity contribution in [3.05, 3.63) is 0 Å². The van der Waals surface area contributed by atoms with E-state index in [-0.39, 0.29) is 42.9 Å². The van der Waals surface area contributed by atoms with E-state index < -0.39 is 71.1 Å². The van der Waals surface area contributed by atoms with Crippen LogP contribution in [0.4, 0.5) is 26.3 Å². The van der Waals surface area contributed by atoms with Gasteiger partial charge in [-0.05, 0) is 126 Å². The van der Waals surface area contributed by atoms with Crippen molar-refractivity contribution in [2.24, 2.45) is 53.3 Å². The maximum absolute atomic E-state index is 13.6. The molecule has 6 bridgehead atoms. The average Bonchev–Trinajstić information content (AvgIpc) is 3.47. The van der Waals surface area contributed by atoms with Gasteiger partial charge in [-0.2, -0.15) is 26.3 Å². The first kappa shape index (κ1) is 37.7. The lowest BCUT2D eigenvalue weighted by Crippen LogP contribution is -2.60. The first-order chi connectivity index (χ1) is 21.9. The number of fused-ring (bicyclic) bond motifs is 2. The number of carbonyl (C=O) groups excluding carboxylic acids is 2. The van der Waals surface area contributed by atoms with Crippen molar-refractivity contribution in [3.8, 4) is 0 Å². The van der Waals surface area contributed by atoms with Crippen LogP contribution in [0, 0.1) is 53.3 Å². The molecule has 6 fully saturated rings. The molecule has 0 aromatic rings. The number of hydrogen-bond donors (Lipinski definition) is 3. The lowest BCUT2D eigenvalue weighted by Gasteiger charge is -2.59. The van der Waals surface area contributed by atoms with Crippen LogP contribution >= 0.6 is 0 Å². The second-order valence-electron chi connectivity index (χ2n) is 17.2. The monoisotopic (exact) mass is 698 g/mol. The van der Waals surface area contributed by atoms with Crippen molar-refractivity contribution in [1.82, 2.24) is 0 Å². The Morgan fingerprint density at radius 2 is 1.46 bits per heavy atom. The molecule has 7 nitrogen and oxygen atoms in total. The molecule has 0 aromatic carbocycles. The minimum Gasteiger partial charge on any atom is -0.462 e. The summed E-state index contributed by atoms with van der Waals surface area (Å²) in [6.45, 7) is 8.10. The van der Waals surface area contributed by atoms with Gasteiger partial charge in [-0.25, -0.2) is 0 Å². The summed E-state index contributed by atoms with van der Waals surface area (Å²) >= 11 is 0. The van der Waals surface area contributed by atoms with Gasteiger partial charge in [0, 0.05) is 12.8 Å². The maximum atomic E-state index is 13.6. The fourth-order valence-electron chi connectivity index (χ4n) is 10.9. The summed E-state index contributed by atoms with van der Waals surface area (Å²) in [5.74, 6) is -1.98. The molecule has 9 unspecified atom stereocenters. The van der Waals surface area contributed by atoms with E-state index in [9.17, 15) is 51.3 Å². The fourth-order valence-corrected chi connectivity index (χ4v) is 10.9. The number of carbonyl (C=O) groups is 2. The highest BCUT2D eigenvalue weighted by molar-refractivity contribution is 5.74. The zero-order valence-electron chi connectivity index (χ0n) is 28.5. The van der Waals surface area contributed by atoms with Crippen LogP contribution < -0.4 is 0 Å². The summed E-state index contributed by atoms with van der Waals surface area (Å²) in [5, 5.41) is 31.6. The smallest absolute Gasteiger partial charge is 0.426 e. The van der Waals surface area contributed by atoms with E-state index in [0.717, 1.165) is 26.2 Å². The Hall–Kier alpha value is -1.60. The van der Waals surface area contributed by atoms with E-state index in [0.29, 0.717) is 49.9 Å². The number of hydrogen-bond acceptors (Lipinski definition) is 7. The van der Waals surface area contributed by atoms with Crippen LogP contribution in [0.2, 0.25) is 0 Å². The van der Waals surface area contributed by atoms with Gasteiger partial charge in [-0.15, -0.1) is 0 Å². The van der Waals surface area contributed by atoms with Gasteiger partial charge < -0.3 is 24.8 Å². The molecule has 3 N–H and O–H groups in total. The molecule has 0 amide bonds. The second kappa shape index (κ2) is 12.6. The van der Waals surface area contributed by atoms with Gasteiger partial charge in [0.1, 0.15) is 11.7 Å². The number of alkyl halides is 6. The molecule has 0 saturated heterocycles. The summed E-state index contributed by atoms with van der Waals surface area (Å²) in [6, 6.07) is 0. The zero-order chi connectivity index (χ0) is 35.8. The molecule has 6 aliphatic rings. The predicted octanol–water partition coefficient (Wildman–Crippen LogP) is 6.89. The minimum absolute atomic E-state index is 0.0307. The molecule has 0 aliphatic heterocycles. The molecular formula is C35H52F6O7. The second-order valence-corrected chi connectivity index (χ2v) is 17.2. The SMILES string of the molecule is CC(CC(O)(C(F)(F)F)C(F)(F)F)OC(=O)C(CCC(C)C(=O)OC12CC3CC(CC(O)(C3)C1)C2)C[C@H]1C(C)C2CC1C(C(C)(C)O)C2. The lowest BCUT2D eigenvalue weighted by atomic mass is 9.52. The van der Waals surface area contributed by atoms with Crippen molar-refractivity contribution < 1.29 is 60.7 Å². The Morgan fingerprint density at radius 3 is 1.96 bits per heavy atom. The van der Waals surface area contributed by atoms with Crippen LogP contribution in [-0.4, -0.2) is 68.1 Å². The molecule has 0 spiro atoms. The molecule has 0 heterocycles. The highest BCUT2D eigenvalue weighted by Gasteiger charge is 2.70. The first-order valence-electron chi connectivity index (χ1n) is 17.6. The van der Waals surface area contributed by atoms with Crippen molar-refractivity contribution in [2.75, 3.05) is 0 Å². The van der Waals surface area contributed by atoms with E-state index in [1.165, 1.54) is 0 Å². The molecule has 6 aliphatic carbocycles. The Balaban J connectivity index is 1.28. The Kier molecular flexibility index (Phi) is 9.86. The highest BCUT2D eigenvalue weighted by atomic mass is 19.4. The van der Waals surface area contributed by atoms with Crippen molar-refractivity contribution in [2.45, 2.75) is 153 Å². The minimum atomic E-state index is -6.04. The van der Waals surface area contributed by atoms with Crippen molar-refractivity contribution in [1.29, 1.82) is 0 Å². The van der Waals surface area contributed by atoms with Crippen LogP contribution in [-0.2, 0) is 19.1 Å². The molecular weight excluding hydrogens is 646 g/mol. The van der Waals surface area contributed by atoms with Crippen LogP contribution in [0.1, 0.15) is 112 Å². The molecule has 0 aromatic heterocycles. The van der Waals surface area contributed by atoms with Gasteiger partial charge in [-0.1, -0.05) is 13.8 Å². The third-order valence-corrected chi connectivity index (χ3v) is 12.9. The normalized spacial score (nSPS) is 38.2. The average molecular weight is 699 g/mol. The molecule has 276 valence electrons. The summed E-state index contributed by atoms with van der Waals surface area (Å²) in [5.41, 5.74) is -7.58. The first-order valence-corrected chi connectivity index (χ1v) is 17.6. The summed E-state index contributed by atoms with van der Waals surface area (Å²) < 4.78 is 91.6. The number of ether oxygens (including phenoxy) is 2. The van der Waals surface area contributed by atoms with Crippen molar-refractivity contribution >= 4 is 11.9 Å². The number of esters is 2. The molecule has 6 saturated carbocycles. The van der Waals surface area contributed by atoms with E-state index in [1.807, 2.05) is 0 Å². The van der Waals surface area contributed by atoms with Gasteiger partial charge in [0.2, 0.25) is 0 Å². The van der Waals surface area contributed by atoms with Crippen LogP contribution in [0.5, 0.6) is 0 Å². The third-order valence-electron chi connectivity index (χ3n) is 12.9. The van der Waals surface area contributed by atoms with Gasteiger partial charge in [0.25, 0.3) is 5.60 Å². The number of halogens is 6. The maximum Gasteiger partial charge on any atom is 0.426 e. The van der Waals surface area contributed by atoms with Crippen LogP contribution in [0.15, 0.2) is 0 Å². The highest BCUT2D eigenvalue weighted by Crippen LogP contribution is 2.60. The Morgan fingerprint density at radius 1 is 0.875 bits per heavy atom. The summed E-state index contributed by atoms with van der Waals surface area (Å²) in [7, 11) is 0. The van der Waals surface area contributed by atoms with E-state index in [2.05, 4.69) is 6.92 Å². The summed E-state index contributed by atoms with van der Waals surface area (Å²) in [6.07, 6.45) is -9.53. The van der Waals surface area contributed by atoms with Gasteiger partial charge in [-0.3, -0.25) is 9.59 Å². The topological polar surface area (TPSA) is 113 Å². The van der Waals surface area contributed by atoms with Crippen molar-refractivity contribution in [3.63, 3.8) is 0 Å². The molecule has 10 atom stereocenters. The van der Waals surface area contributed by atoms with Crippen LogP contribution in [0.25, 0.3) is 0 Å². The molecule has 0 radical (unpaired) electrons. The fraction of sp³-hybridized carbons (Fsp3) is 0.943. The van der Waals surface area contributed by atoms with E-state index in [1.54, 1.807) is 20.8 Å². The van der Waals surface area contributed by atoms with E-state index >= 15 is 0 Å². The Bertz CT molecular complexity index is 1180. The van der Waals surface area contributed by atoms with Gasteiger partial charge in [0.05, 0.1) is 23.0 Å². The number of rotatable bonds is 12. The number of aliphatic hydroxyl groups is 3. The van der Waals surface area contributed by atoms with Crippen LogP contribution in [0.3, 0.4) is 0 Å². The molecule has 6 rings (SSSR count).